The summed E-state index contributed by atoms with van der Waals surface area (Å²) in [6, 6.07) is 4.57. The number of halogens is 1. The fraction of sp³-hybridized carbons (Fsp3) is 0.600. The van der Waals surface area contributed by atoms with E-state index in [-0.39, 0.29) is 0 Å². The second-order valence-electron chi connectivity index (χ2n) is 6.07. The first kappa shape index (κ1) is 13.9. The molecule has 1 fully saturated rings. The Hall–Kier alpha value is -1.10. The summed E-state index contributed by atoms with van der Waals surface area (Å²) in [6.07, 6.45) is 6.92. The number of aromatic nitrogens is 3. The van der Waals surface area contributed by atoms with Gasteiger partial charge in [-0.25, -0.2) is 9.50 Å². The molecule has 2 aromatic heterocycles. The second kappa shape index (κ2) is 5.72. The van der Waals surface area contributed by atoms with Gasteiger partial charge in [0.15, 0.2) is 5.65 Å². The third-order valence-electron chi connectivity index (χ3n) is 4.39. The van der Waals surface area contributed by atoms with Crippen LogP contribution in [-0.2, 0) is 0 Å². The lowest BCUT2D eigenvalue weighted by Gasteiger charge is -2.31. The Morgan fingerprint density at radius 2 is 2.00 bits per heavy atom. The highest BCUT2D eigenvalue weighted by molar-refractivity contribution is 9.10. The second-order valence-corrected chi connectivity index (χ2v) is 6.88. The number of hydrogen-bond donors (Lipinski definition) is 1. The van der Waals surface area contributed by atoms with E-state index in [0.717, 1.165) is 27.9 Å². The number of hydrogen-bond acceptors (Lipinski definition) is 3. The Morgan fingerprint density at radius 1 is 1.25 bits per heavy atom. The van der Waals surface area contributed by atoms with Gasteiger partial charge in [-0.1, -0.05) is 13.8 Å². The van der Waals surface area contributed by atoms with Gasteiger partial charge in [-0.05, 0) is 65.6 Å². The van der Waals surface area contributed by atoms with Crippen LogP contribution in [0.25, 0.3) is 5.65 Å². The molecule has 0 bridgehead atoms. The van der Waals surface area contributed by atoms with Gasteiger partial charge in [-0.3, -0.25) is 0 Å². The SMILES string of the molecule is CC(C)C1CCC(Nc2ccc3ncc(Br)n3n2)CC1. The number of nitrogens with zero attached hydrogens (tertiary/aromatic N) is 3. The minimum absolute atomic E-state index is 0.553. The number of anilines is 1. The molecule has 5 heteroatoms. The van der Waals surface area contributed by atoms with Crippen molar-refractivity contribution in [2.24, 2.45) is 11.8 Å². The van der Waals surface area contributed by atoms with E-state index in [0.29, 0.717) is 6.04 Å². The average Bonchev–Trinajstić information content (AvgIpc) is 2.81. The van der Waals surface area contributed by atoms with Crippen LogP contribution in [0.15, 0.2) is 22.9 Å². The molecule has 0 aromatic carbocycles. The van der Waals surface area contributed by atoms with Crippen molar-refractivity contribution in [1.29, 1.82) is 0 Å². The molecule has 0 unspecified atom stereocenters. The summed E-state index contributed by atoms with van der Waals surface area (Å²) < 4.78 is 2.71. The highest BCUT2D eigenvalue weighted by atomic mass is 79.9. The first-order valence-electron chi connectivity index (χ1n) is 7.40. The highest BCUT2D eigenvalue weighted by Gasteiger charge is 2.23. The van der Waals surface area contributed by atoms with Crippen molar-refractivity contribution in [2.45, 2.75) is 45.6 Å². The molecule has 0 radical (unpaired) electrons. The van der Waals surface area contributed by atoms with E-state index in [4.69, 9.17) is 0 Å². The lowest BCUT2D eigenvalue weighted by molar-refractivity contribution is 0.266. The van der Waals surface area contributed by atoms with E-state index >= 15 is 0 Å². The molecule has 0 saturated heterocycles. The molecule has 2 aromatic rings. The maximum Gasteiger partial charge on any atom is 0.154 e. The molecule has 20 heavy (non-hydrogen) atoms. The molecule has 1 aliphatic carbocycles. The number of rotatable bonds is 3. The molecular formula is C15H21BrN4. The summed E-state index contributed by atoms with van der Waals surface area (Å²) in [7, 11) is 0. The van der Waals surface area contributed by atoms with E-state index in [1.165, 1.54) is 25.7 Å². The van der Waals surface area contributed by atoms with Crippen molar-refractivity contribution >= 4 is 27.4 Å². The monoisotopic (exact) mass is 336 g/mol. The van der Waals surface area contributed by atoms with Gasteiger partial charge in [-0.2, -0.15) is 0 Å². The molecule has 0 amide bonds. The molecule has 3 rings (SSSR count). The van der Waals surface area contributed by atoms with Gasteiger partial charge >= 0.3 is 0 Å². The molecule has 108 valence electrons. The van der Waals surface area contributed by atoms with Crippen molar-refractivity contribution in [3.8, 4) is 0 Å². The van der Waals surface area contributed by atoms with Gasteiger partial charge < -0.3 is 5.32 Å². The summed E-state index contributed by atoms with van der Waals surface area (Å²) in [4.78, 5) is 4.26. The fourth-order valence-corrected chi connectivity index (χ4v) is 3.43. The molecule has 1 saturated carbocycles. The molecule has 0 spiro atoms. The van der Waals surface area contributed by atoms with Crippen molar-refractivity contribution in [2.75, 3.05) is 5.32 Å². The van der Waals surface area contributed by atoms with Gasteiger partial charge in [0.25, 0.3) is 0 Å². The normalized spacial score (nSPS) is 23.4. The Balaban J connectivity index is 1.66. The van der Waals surface area contributed by atoms with E-state index in [1.807, 2.05) is 16.6 Å². The summed E-state index contributed by atoms with van der Waals surface area (Å²) in [5, 5.41) is 8.15. The van der Waals surface area contributed by atoms with Crippen molar-refractivity contribution in [1.82, 2.24) is 14.6 Å². The van der Waals surface area contributed by atoms with Crippen LogP contribution in [0.2, 0.25) is 0 Å². The maximum atomic E-state index is 4.58. The number of fused-ring (bicyclic) bond motifs is 1. The maximum absolute atomic E-state index is 4.58. The highest BCUT2D eigenvalue weighted by Crippen LogP contribution is 2.31. The zero-order valence-corrected chi connectivity index (χ0v) is 13.6. The molecule has 1 aliphatic rings. The summed E-state index contributed by atoms with van der Waals surface area (Å²) in [5.41, 5.74) is 0.867. The Bertz CT molecular complexity index is 585. The Labute approximate surface area is 128 Å². The molecule has 2 heterocycles. The zero-order valence-electron chi connectivity index (χ0n) is 12.0. The van der Waals surface area contributed by atoms with Crippen LogP contribution >= 0.6 is 15.9 Å². The molecule has 1 N–H and O–H groups in total. The third kappa shape index (κ3) is 2.82. The minimum atomic E-state index is 0.553. The van der Waals surface area contributed by atoms with Crippen LogP contribution in [0.1, 0.15) is 39.5 Å². The van der Waals surface area contributed by atoms with Gasteiger partial charge in [0.2, 0.25) is 0 Å². The molecule has 0 atom stereocenters. The van der Waals surface area contributed by atoms with Crippen molar-refractivity contribution in [3.63, 3.8) is 0 Å². The van der Waals surface area contributed by atoms with Gasteiger partial charge in [0, 0.05) is 6.04 Å². The fourth-order valence-electron chi connectivity index (χ4n) is 3.06. The van der Waals surface area contributed by atoms with Crippen LogP contribution in [-0.4, -0.2) is 20.6 Å². The third-order valence-corrected chi connectivity index (χ3v) is 4.93. The first-order valence-corrected chi connectivity index (χ1v) is 8.19. The minimum Gasteiger partial charge on any atom is -0.366 e. The van der Waals surface area contributed by atoms with E-state index in [9.17, 15) is 0 Å². The lowest BCUT2D eigenvalue weighted by Crippen LogP contribution is -2.28. The van der Waals surface area contributed by atoms with Gasteiger partial charge in [0.1, 0.15) is 10.4 Å². The van der Waals surface area contributed by atoms with Crippen LogP contribution in [0.4, 0.5) is 5.82 Å². The molecular weight excluding hydrogens is 316 g/mol. The summed E-state index contributed by atoms with van der Waals surface area (Å²) in [6.45, 7) is 4.68. The lowest BCUT2D eigenvalue weighted by atomic mass is 9.80. The van der Waals surface area contributed by atoms with Crippen LogP contribution in [0.3, 0.4) is 0 Å². The van der Waals surface area contributed by atoms with Crippen molar-refractivity contribution < 1.29 is 0 Å². The van der Waals surface area contributed by atoms with Gasteiger partial charge in [-0.15, -0.1) is 5.10 Å². The summed E-state index contributed by atoms with van der Waals surface area (Å²) in [5.74, 6) is 2.64. The van der Waals surface area contributed by atoms with Crippen LogP contribution < -0.4 is 5.32 Å². The van der Waals surface area contributed by atoms with Crippen molar-refractivity contribution in [3.05, 3.63) is 22.9 Å². The number of imidazole rings is 1. The predicted octanol–water partition coefficient (Wildman–Crippen LogP) is 4.12. The van der Waals surface area contributed by atoms with Crippen LogP contribution in [0.5, 0.6) is 0 Å². The van der Waals surface area contributed by atoms with E-state index < -0.39 is 0 Å². The quantitative estimate of drug-likeness (QED) is 0.916. The smallest absolute Gasteiger partial charge is 0.154 e. The topological polar surface area (TPSA) is 42.2 Å². The molecule has 0 aliphatic heterocycles. The standard InChI is InChI=1S/C15H21BrN4/c1-10(2)11-3-5-12(6-4-11)18-14-7-8-15-17-9-13(16)20(15)19-14/h7-12H,3-6H2,1-2H3,(H,18,19). The first-order chi connectivity index (χ1) is 9.63. The molecule has 4 nitrogen and oxygen atoms in total. The Kier molecular flexibility index (Phi) is 3.96. The van der Waals surface area contributed by atoms with Gasteiger partial charge in [0.05, 0.1) is 6.20 Å². The van der Waals surface area contributed by atoms with E-state index in [2.05, 4.69) is 45.2 Å². The average molecular weight is 337 g/mol. The number of nitrogens with one attached hydrogen (secondary N) is 1. The predicted molar refractivity (Wildman–Crippen MR) is 84.9 cm³/mol. The Morgan fingerprint density at radius 3 is 2.70 bits per heavy atom. The van der Waals surface area contributed by atoms with E-state index in [1.54, 1.807) is 6.20 Å². The summed E-state index contributed by atoms with van der Waals surface area (Å²) >= 11 is 3.46. The zero-order chi connectivity index (χ0) is 14.1. The largest absolute Gasteiger partial charge is 0.366 e. The van der Waals surface area contributed by atoms with Crippen LogP contribution in [0, 0.1) is 11.8 Å².